The Kier molecular flexibility index (Phi) is 5.70. The van der Waals surface area contributed by atoms with Crippen LogP contribution >= 0.6 is 0 Å². The molecule has 6 rings (SSSR count). The number of benzene rings is 4. The fourth-order valence-corrected chi connectivity index (χ4v) is 4.87. The third kappa shape index (κ3) is 4.34. The molecule has 0 fully saturated rings. The summed E-state index contributed by atoms with van der Waals surface area (Å²) in [6, 6.07) is 32.6. The molecule has 0 aliphatic heterocycles. The van der Waals surface area contributed by atoms with E-state index >= 15 is 0 Å². The smallest absolute Gasteiger partial charge is 0.311 e. The van der Waals surface area contributed by atoms with Crippen molar-refractivity contribution in [2.45, 2.75) is 26.2 Å². The molecule has 0 saturated carbocycles. The summed E-state index contributed by atoms with van der Waals surface area (Å²) in [7, 11) is 0. The lowest BCUT2D eigenvalue weighted by molar-refractivity contribution is -0.134. The Hall–Kier alpha value is -4.44. The number of hydrogen-bond acceptors (Lipinski definition) is 3. The van der Waals surface area contributed by atoms with Gasteiger partial charge in [0.05, 0.1) is 16.9 Å². The van der Waals surface area contributed by atoms with Crippen molar-refractivity contribution in [3.05, 3.63) is 108 Å². The topological polar surface area (TPSA) is 55.0 Å². The molecule has 0 bridgehead atoms. The van der Waals surface area contributed by atoms with Gasteiger partial charge < -0.3 is 9.72 Å². The van der Waals surface area contributed by atoms with Gasteiger partial charge in [-0.05, 0) is 72.5 Å². The average Bonchev–Trinajstić information content (AvgIpc) is 3.26. The molecule has 4 heteroatoms. The fraction of sp³-hybridized carbons (Fsp3) is 0.125. The average molecular weight is 471 g/mol. The van der Waals surface area contributed by atoms with Crippen LogP contribution < -0.4 is 4.74 Å². The molecular formula is C32H26N2O2. The summed E-state index contributed by atoms with van der Waals surface area (Å²) in [6.07, 6.45) is 1.78. The number of ether oxygens (including phenoxy) is 1. The van der Waals surface area contributed by atoms with Crippen molar-refractivity contribution >= 4 is 38.5 Å². The van der Waals surface area contributed by atoms with Crippen molar-refractivity contribution in [2.75, 3.05) is 0 Å². The van der Waals surface area contributed by atoms with Gasteiger partial charge in [-0.3, -0.25) is 4.79 Å². The molecule has 2 heterocycles. The van der Waals surface area contributed by atoms with Crippen LogP contribution in [0.4, 0.5) is 0 Å². The van der Waals surface area contributed by atoms with Crippen LogP contribution in [0.25, 0.3) is 44.0 Å². The molecule has 176 valence electrons. The molecule has 0 spiro atoms. The number of pyridine rings is 1. The van der Waals surface area contributed by atoms with Gasteiger partial charge >= 0.3 is 5.97 Å². The number of aryl methyl sites for hydroxylation is 2. The summed E-state index contributed by atoms with van der Waals surface area (Å²) in [5, 5.41) is 4.49. The van der Waals surface area contributed by atoms with E-state index in [9.17, 15) is 4.79 Å². The Morgan fingerprint density at radius 2 is 1.61 bits per heavy atom. The molecule has 6 aromatic rings. The van der Waals surface area contributed by atoms with E-state index in [0.29, 0.717) is 18.6 Å². The summed E-state index contributed by atoms with van der Waals surface area (Å²) in [6.45, 7) is 2.10. The normalized spacial score (nSPS) is 11.4. The van der Waals surface area contributed by atoms with Gasteiger partial charge in [-0.15, -0.1) is 0 Å². The second kappa shape index (κ2) is 9.31. The molecule has 4 aromatic carbocycles. The lowest BCUT2D eigenvalue weighted by Gasteiger charge is -2.08. The first-order valence-corrected chi connectivity index (χ1v) is 12.3. The molecule has 0 unspecified atom stereocenters. The molecule has 0 atom stereocenters. The maximum Gasteiger partial charge on any atom is 0.311 e. The van der Waals surface area contributed by atoms with Crippen molar-refractivity contribution in [1.29, 1.82) is 0 Å². The van der Waals surface area contributed by atoms with Gasteiger partial charge in [-0.25, -0.2) is 4.98 Å². The lowest BCUT2D eigenvalue weighted by atomic mass is 10.0. The first kappa shape index (κ1) is 22.1. The first-order valence-electron chi connectivity index (χ1n) is 12.3. The van der Waals surface area contributed by atoms with Crippen LogP contribution in [0.2, 0.25) is 0 Å². The van der Waals surface area contributed by atoms with Crippen LogP contribution in [0.15, 0.2) is 97.1 Å². The summed E-state index contributed by atoms with van der Waals surface area (Å²) in [4.78, 5) is 21.2. The van der Waals surface area contributed by atoms with Gasteiger partial charge in [0.25, 0.3) is 0 Å². The monoisotopic (exact) mass is 470 g/mol. The van der Waals surface area contributed by atoms with Crippen molar-refractivity contribution in [3.63, 3.8) is 0 Å². The van der Waals surface area contributed by atoms with Gasteiger partial charge in [0.1, 0.15) is 5.75 Å². The SMILES string of the molecule is Cc1ccc2[nH]c(-c3ccc4ccccc4n3)c(CCCC(=O)Oc3ccc4ccccc4c3)c2c1. The van der Waals surface area contributed by atoms with Gasteiger partial charge in [0.2, 0.25) is 0 Å². The first-order chi connectivity index (χ1) is 17.6. The lowest BCUT2D eigenvalue weighted by Crippen LogP contribution is -2.08. The summed E-state index contributed by atoms with van der Waals surface area (Å²) >= 11 is 0. The highest BCUT2D eigenvalue weighted by Crippen LogP contribution is 2.32. The number of hydrogen-bond donors (Lipinski definition) is 1. The summed E-state index contributed by atoms with van der Waals surface area (Å²) in [5.41, 5.74) is 6.38. The highest BCUT2D eigenvalue weighted by atomic mass is 16.5. The summed E-state index contributed by atoms with van der Waals surface area (Å²) < 4.78 is 5.65. The van der Waals surface area contributed by atoms with E-state index in [1.165, 1.54) is 16.5 Å². The number of para-hydroxylation sites is 1. The van der Waals surface area contributed by atoms with E-state index in [-0.39, 0.29) is 5.97 Å². The van der Waals surface area contributed by atoms with Gasteiger partial charge in [0.15, 0.2) is 0 Å². The number of fused-ring (bicyclic) bond motifs is 3. The second-order valence-electron chi connectivity index (χ2n) is 9.25. The molecule has 4 nitrogen and oxygen atoms in total. The van der Waals surface area contributed by atoms with E-state index in [4.69, 9.17) is 9.72 Å². The number of carbonyl (C=O) groups excluding carboxylic acids is 1. The predicted octanol–water partition coefficient (Wildman–Crippen LogP) is 7.77. The van der Waals surface area contributed by atoms with E-state index in [0.717, 1.165) is 45.0 Å². The zero-order valence-corrected chi connectivity index (χ0v) is 20.1. The largest absolute Gasteiger partial charge is 0.427 e. The number of rotatable bonds is 6. The third-order valence-corrected chi connectivity index (χ3v) is 6.68. The van der Waals surface area contributed by atoms with Crippen molar-refractivity contribution in [2.24, 2.45) is 0 Å². The number of nitrogens with one attached hydrogen (secondary N) is 1. The van der Waals surface area contributed by atoms with E-state index in [2.05, 4.69) is 48.3 Å². The van der Waals surface area contributed by atoms with Crippen molar-refractivity contribution < 1.29 is 9.53 Å². The third-order valence-electron chi connectivity index (χ3n) is 6.68. The highest BCUT2D eigenvalue weighted by molar-refractivity contribution is 5.92. The Morgan fingerprint density at radius 1 is 0.833 bits per heavy atom. The molecule has 0 saturated heterocycles. The maximum absolute atomic E-state index is 12.7. The number of carbonyl (C=O) groups is 1. The number of H-pyrrole nitrogens is 1. The Balaban J connectivity index is 1.24. The Morgan fingerprint density at radius 3 is 2.50 bits per heavy atom. The van der Waals surface area contributed by atoms with Crippen LogP contribution in [0.3, 0.4) is 0 Å². The molecular weight excluding hydrogens is 444 g/mol. The predicted molar refractivity (Wildman–Crippen MR) is 146 cm³/mol. The van der Waals surface area contributed by atoms with Gasteiger partial charge in [-0.1, -0.05) is 66.2 Å². The summed E-state index contributed by atoms with van der Waals surface area (Å²) in [5.74, 6) is 0.370. The number of esters is 1. The van der Waals surface area contributed by atoms with Gasteiger partial charge in [0, 0.05) is 22.7 Å². The maximum atomic E-state index is 12.7. The molecule has 0 aliphatic carbocycles. The second-order valence-corrected chi connectivity index (χ2v) is 9.25. The van der Waals surface area contributed by atoms with E-state index < -0.39 is 0 Å². The molecule has 36 heavy (non-hydrogen) atoms. The van der Waals surface area contributed by atoms with Crippen molar-refractivity contribution in [3.8, 4) is 17.1 Å². The van der Waals surface area contributed by atoms with Crippen LogP contribution in [0.1, 0.15) is 24.0 Å². The van der Waals surface area contributed by atoms with Crippen LogP contribution in [-0.2, 0) is 11.2 Å². The molecule has 0 radical (unpaired) electrons. The standard InChI is InChI=1S/C32H26N2O2/c1-21-13-17-29-27(19-21)26(32(34-29)30-18-15-23-8-4-5-11-28(23)33-30)10-6-12-31(35)36-25-16-14-22-7-2-3-9-24(22)20-25/h2-5,7-9,11,13-20,34H,6,10,12H2,1H3. The van der Waals surface area contributed by atoms with Gasteiger partial charge in [-0.2, -0.15) is 0 Å². The Labute approximate surface area is 209 Å². The molecule has 0 amide bonds. The molecule has 1 N–H and O–H groups in total. The molecule has 0 aliphatic rings. The quantitative estimate of drug-likeness (QED) is 0.200. The fourth-order valence-electron chi connectivity index (χ4n) is 4.87. The van der Waals surface area contributed by atoms with E-state index in [1.807, 2.05) is 60.7 Å². The Bertz CT molecular complexity index is 1730. The van der Waals surface area contributed by atoms with E-state index in [1.54, 1.807) is 0 Å². The molecule has 2 aromatic heterocycles. The number of aromatic nitrogens is 2. The zero-order valence-electron chi connectivity index (χ0n) is 20.1. The number of nitrogens with zero attached hydrogens (tertiary/aromatic N) is 1. The zero-order chi connectivity index (χ0) is 24.5. The minimum atomic E-state index is -0.216. The minimum Gasteiger partial charge on any atom is -0.427 e. The van der Waals surface area contributed by atoms with Crippen molar-refractivity contribution in [1.82, 2.24) is 9.97 Å². The van der Waals surface area contributed by atoms with Crippen LogP contribution in [-0.4, -0.2) is 15.9 Å². The highest BCUT2D eigenvalue weighted by Gasteiger charge is 2.16. The number of aromatic amines is 1. The minimum absolute atomic E-state index is 0.216. The van der Waals surface area contributed by atoms with Crippen LogP contribution in [0, 0.1) is 6.92 Å². The van der Waals surface area contributed by atoms with Crippen LogP contribution in [0.5, 0.6) is 5.75 Å².